The van der Waals surface area contributed by atoms with Gasteiger partial charge in [-0.05, 0) is 50.5 Å². The second-order valence-corrected chi connectivity index (χ2v) is 9.32. The number of benzene rings is 2. The van der Waals surface area contributed by atoms with E-state index >= 15 is 0 Å². The first kappa shape index (κ1) is 24.6. The van der Waals surface area contributed by atoms with Crippen LogP contribution in [0, 0.1) is 10.1 Å². The molecular weight excluding hydrogens is 464 g/mol. The first-order valence-electron chi connectivity index (χ1n) is 11.4. The monoisotopic (exact) mass is 492 g/mol. The number of carbonyl (C=O) groups excluding carboxylic acids is 1. The van der Waals surface area contributed by atoms with Crippen LogP contribution >= 0.6 is 11.5 Å². The predicted octanol–water partition coefficient (Wildman–Crippen LogP) is 5.64. The first-order valence-corrected chi connectivity index (χ1v) is 12.2. The summed E-state index contributed by atoms with van der Waals surface area (Å²) < 4.78 is 10.1. The number of aromatic nitrogens is 1. The van der Waals surface area contributed by atoms with Gasteiger partial charge in [0.2, 0.25) is 0 Å². The number of anilines is 1. The number of nitrogens with one attached hydrogen (secondary N) is 1. The van der Waals surface area contributed by atoms with Gasteiger partial charge in [-0.1, -0.05) is 42.5 Å². The van der Waals surface area contributed by atoms with Crippen molar-refractivity contribution >= 4 is 28.2 Å². The van der Waals surface area contributed by atoms with Gasteiger partial charge in [-0.15, -0.1) is 0 Å². The molecule has 1 aliphatic rings. The molecule has 0 radical (unpaired) electrons. The molecule has 1 aromatic heterocycles. The van der Waals surface area contributed by atoms with Gasteiger partial charge in [-0.25, -0.2) is 4.79 Å². The first-order chi connectivity index (χ1) is 16.8. The summed E-state index contributed by atoms with van der Waals surface area (Å²) in [6, 6.07) is 16.8. The lowest BCUT2D eigenvalue weighted by molar-refractivity contribution is -0.384. The normalized spacial score (nSPS) is 16.0. The van der Waals surface area contributed by atoms with Crippen LogP contribution in [-0.2, 0) is 16.1 Å². The van der Waals surface area contributed by atoms with E-state index in [4.69, 9.17) is 9.11 Å². The van der Waals surface area contributed by atoms with E-state index in [0.717, 1.165) is 16.3 Å². The second kappa shape index (κ2) is 10.4. The van der Waals surface area contributed by atoms with Crippen molar-refractivity contribution in [2.24, 2.45) is 0 Å². The number of esters is 1. The number of allylic oxidation sites excluding steroid dienone is 1. The molecule has 2 atom stereocenters. The fourth-order valence-corrected chi connectivity index (χ4v) is 5.31. The third-order valence-electron chi connectivity index (χ3n) is 6.34. The summed E-state index contributed by atoms with van der Waals surface area (Å²) in [5, 5.41) is 15.7. The SMILES string of the molecule is CCOC(=O)C1=C(C)Nc2snc(CN(C)C(C)c3ccccc3)c2C1c1cccc([N+](=O)[O-])c1. The zero-order valence-corrected chi connectivity index (χ0v) is 21.0. The van der Waals surface area contributed by atoms with Crippen molar-refractivity contribution in [3.63, 3.8) is 0 Å². The molecule has 1 N–H and O–H groups in total. The summed E-state index contributed by atoms with van der Waals surface area (Å²) in [5.74, 6) is -0.970. The molecule has 0 fully saturated rings. The van der Waals surface area contributed by atoms with Crippen LogP contribution in [0.4, 0.5) is 10.7 Å². The highest BCUT2D eigenvalue weighted by Gasteiger charge is 2.37. The van der Waals surface area contributed by atoms with Crippen LogP contribution in [0.25, 0.3) is 0 Å². The van der Waals surface area contributed by atoms with Crippen LogP contribution in [0.1, 0.15) is 55.1 Å². The molecule has 0 amide bonds. The number of nitrogens with zero attached hydrogens (tertiary/aromatic N) is 3. The fourth-order valence-electron chi connectivity index (χ4n) is 4.42. The van der Waals surface area contributed by atoms with Crippen molar-refractivity contribution in [3.05, 3.63) is 98.4 Å². The van der Waals surface area contributed by atoms with E-state index in [9.17, 15) is 14.9 Å². The third kappa shape index (κ3) is 4.96. The fraction of sp³-hybridized carbons (Fsp3) is 0.308. The van der Waals surface area contributed by atoms with Gasteiger partial charge in [-0.3, -0.25) is 15.0 Å². The molecule has 0 spiro atoms. The zero-order valence-electron chi connectivity index (χ0n) is 20.1. The summed E-state index contributed by atoms with van der Waals surface area (Å²) in [4.78, 5) is 26.4. The van der Waals surface area contributed by atoms with Crippen molar-refractivity contribution in [1.82, 2.24) is 9.27 Å². The standard InChI is InChI=1S/C26H28N4O4S/c1-5-34-26(31)22-16(2)27-25-24(23(22)19-12-9-13-20(14-19)30(32)33)21(28-35-25)15-29(4)17(3)18-10-7-6-8-11-18/h6-14,17,23,27H,5,15H2,1-4H3. The molecule has 8 nitrogen and oxygen atoms in total. The average Bonchev–Trinajstić information content (AvgIpc) is 3.25. The number of hydrogen-bond acceptors (Lipinski definition) is 8. The van der Waals surface area contributed by atoms with E-state index in [1.54, 1.807) is 13.0 Å². The maximum Gasteiger partial charge on any atom is 0.336 e. The van der Waals surface area contributed by atoms with Crippen LogP contribution in [0.15, 0.2) is 65.9 Å². The van der Waals surface area contributed by atoms with E-state index in [1.165, 1.54) is 29.2 Å². The Bertz CT molecular complexity index is 1270. The predicted molar refractivity (Wildman–Crippen MR) is 136 cm³/mol. The van der Waals surface area contributed by atoms with E-state index in [0.29, 0.717) is 23.4 Å². The maximum atomic E-state index is 13.1. The Morgan fingerprint density at radius 2 is 2.00 bits per heavy atom. The van der Waals surface area contributed by atoms with Crippen molar-refractivity contribution in [2.45, 2.75) is 39.3 Å². The Morgan fingerprint density at radius 3 is 2.69 bits per heavy atom. The van der Waals surface area contributed by atoms with Crippen molar-refractivity contribution < 1.29 is 14.5 Å². The molecule has 0 saturated carbocycles. The number of rotatable bonds is 8. The van der Waals surface area contributed by atoms with Crippen LogP contribution in [0.3, 0.4) is 0 Å². The van der Waals surface area contributed by atoms with Gasteiger partial charge in [0, 0.05) is 41.9 Å². The molecule has 2 unspecified atom stereocenters. The quantitative estimate of drug-likeness (QED) is 0.247. The van der Waals surface area contributed by atoms with Crippen LogP contribution < -0.4 is 5.32 Å². The van der Waals surface area contributed by atoms with E-state index < -0.39 is 16.8 Å². The minimum absolute atomic E-state index is 0.0250. The Morgan fingerprint density at radius 1 is 1.26 bits per heavy atom. The molecule has 35 heavy (non-hydrogen) atoms. The number of hydrogen-bond donors (Lipinski definition) is 1. The van der Waals surface area contributed by atoms with Crippen LogP contribution in [-0.4, -0.2) is 33.8 Å². The molecule has 0 bridgehead atoms. The molecule has 2 heterocycles. The lowest BCUT2D eigenvalue weighted by atomic mass is 9.81. The third-order valence-corrected chi connectivity index (χ3v) is 7.15. The molecule has 0 aliphatic carbocycles. The van der Waals surface area contributed by atoms with Gasteiger partial charge >= 0.3 is 5.97 Å². The molecule has 0 saturated heterocycles. The highest BCUT2D eigenvalue weighted by Crippen LogP contribution is 2.46. The van der Waals surface area contributed by atoms with Gasteiger partial charge in [-0.2, -0.15) is 4.37 Å². The van der Waals surface area contributed by atoms with Gasteiger partial charge < -0.3 is 10.1 Å². The Hall–Kier alpha value is -3.56. The van der Waals surface area contributed by atoms with Crippen LogP contribution in [0.2, 0.25) is 0 Å². The number of nitro groups is 1. The topological polar surface area (TPSA) is 97.6 Å². The average molecular weight is 493 g/mol. The molecule has 1 aliphatic heterocycles. The highest BCUT2D eigenvalue weighted by molar-refractivity contribution is 7.10. The molecule has 3 aromatic rings. The summed E-state index contributed by atoms with van der Waals surface area (Å²) in [7, 11) is 2.04. The Balaban J connectivity index is 1.78. The van der Waals surface area contributed by atoms with Crippen molar-refractivity contribution in [2.75, 3.05) is 19.0 Å². The molecule has 9 heteroatoms. The van der Waals surface area contributed by atoms with Gasteiger partial charge in [0.05, 0.1) is 22.8 Å². The molecule has 182 valence electrons. The van der Waals surface area contributed by atoms with E-state index in [1.807, 2.05) is 38.2 Å². The largest absolute Gasteiger partial charge is 0.463 e. The Labute approximate surface area is 208 Å². The number of ether oxygens (including phenoxy) is 1. The summed E-state index contributed by atoms with van der Waals surface area (Å²) in [5.41, 5.74) is 4.61. The Kier molecular flexibility index (Phi) is 7.28. The lowest BCUT2D eigenvalue weighted by Gasteiger charge is -2.30. The number of carbonyl (C=O) groups is 1. The minimum Gasteiger partial charge on any atom is -0.463 e. The van der Waals surface area contributed by atoms with Crippen molar-refractivity contribution in [3.8, 4) is 0 Å². The molecular formula is C26H28N4O4S. The van der Waals surface area contributed by atoms with Gasteiger partial charge in [0.1, 0.15) is 5.00 Å². The summed E-state index contributed by atoms with van der Waals surface area (Å²) >= 11 is 1.33. The highest BCUT2D eigenvalue weighted by atomic mass is 32.1. The molecule has 4 rings (SSSR count). The summed E-state index contributed by atoms with van der Waals surface area (Å²) in [6.45, 7) is 6.50. The van der Waals surface area contributed by atoms with Gasteiger partial charge in [0.15, 0.2) is 0 Å². The minimum atomic E-state index is -0.528. The van der Waals surface area contributed by atoms with E-state index in [2.05, 4.69) is 29.3 Å². The smallest absolute Gasteiger partial charge is 0.336 e. The van der Waals surface area contributed by atoms with Gasteiger partial charge in [0.25, 0.3) is 5.69 Å². The number of fused-ring (bicyclic) bond motifs is 1. The number of non-ortho nitro benzene ring substituents is 1. The zero-order chi connectivity index (χ0) is 25.1. The number of nitro benzene ring substituents is 1. The molecule has 2 aromatic carbocycles. The summed E-state index contributed by atoms with van der Waals surface area (Å²) in [6.07, 6.45) is 0. The van der Waals surface area contributed by atoms with Crippen LogP contribution in [0.5, 0.6) is 0 Å². The van der Waals surface area contributed by atoms with E-state index in [-0.39, 0.29) is 18.3 Å². The maximum absolute atomic E-state index is 13.1. The lowest BCUT2D eigenvalue weighted by Crippen LogP contribution is -2.26. The van der Waals surface area contributed by atoms with Crippen molar-refractivity contribution in [1.29, 1.82) is 0 Å². The second-order valence-electron chi connectivity index (χ2n) is 8.54.